The van der Waals surface area contributed by atoms with Gasteiger partial charge in [0.25, 0.3) is 0 Å². The van der Waals surface area contributed by atoms with E-state index < -0.39 is 22.9 Å². The van der Waals surface area contributed by atoms with E-state index in [2.05, 4.69) is 0 Å². The summed E-state index contributed by atoms with van der Waals surface area (Å²) >= 11 is -5.52. The van der Waals surface area contributed by atoms with Crippen LogP contribution in [0.5, 0.6) is 0 Å². The number of hydrogen-bond acceptors (Lipinski definition) is 3. The van der Waals surface area contributed by atoms with Crippen molar-refractivity contribution in [3.8, 4) is 0 Å². The Balaban J connectivity index is -0.0000000221. The summed E-state index contributed by atoms with van der Waals surface area (Å²) in [5.41, 5.74) is 0. The summed E-state index contributed by atoms with van der Waals surface area (Å²) in [6, 6.07) is 0. The van der Waals surface area contributed by atoms with Crippen molar-refractivity contribution in [3.63, 3.8) is 0 Å². The van der Waals surface area contributed by atoms with Gasteiger partial charge in [-0.05, 0) is 0 Å². The topological polar surface area (TPSA) is 132 Å². The zero-order chi connectivity index (χ0) is 8.08. The predicted octanol–water partition coefficient (Wildman–Crippen LogP) is -1.29. The Kier molecular flexibility index (Phi) is 13.3. The molecule has 0 bridgehead atoms. The maximum absolute atomic E-state index is 8.85. The van der Waals surface area contributed by atoms with Gasteiger partial charge in [0.15, 0.2) is 0 Å². The molecule has 0 amide bonds. The van der Waals surface area contributed by atoms with E-state index in [0.29, 0.717) is 0 Å². The van der Waals surface area contributed by atoms with Gasteiger partial charge in [-0.2, -0.15) is 0 Å². The fourth-order valence-electron chi connectivity index (χ4n) is 0. The van der Waals surface area contributed by atoms with E-state index in [1.807, 2.05) is 0 Å². The average molecular weight is 266 g/mol. The van der Waals surface area contributed by atoms with Crippen molar-refractivity contribution in [2.75, 3.05) is 0 Å². The van der Waals surface area contributed by atoms with Gasteiger partial charge in [-0.1, -0.05) is 0 Å². The van der Waals surface area contributed by atoms with Crippen LogP contribution in [0.15, 0.2) is 0 Å². The van der Waals surface area contributed by atoms with Gasteiger partial charge in [0.2, 0.25) is 0 Å². The summed E-state index contributed by atoms with van der Waals surface area (Å²) in [6.07, 6.45) is -1.83. The van der Waals surface area contributed by atoms with Crippen LogP contribution in [0, 0.1) is 0 Å². The molecule has 0 unspecified atom stereocenters. The minimum atomic E-state index is -5.52. The third-order valence-electron chi connectivity index (χ3n) is 0. The molecule has 0 aliphatic carbocycles. The van der Waals surface area contributed by atoms with Gasteiger partial charge in [-0.3, -0.25) is 0 Å². The van der Waals surface area contributed by atoms with Gasteiger partial charge in [-0.25, -0.2) is 4.79 Å². The van der Waals surface area contributed by atoms with Crippen molar-refractivity contribution in [2.45, 2.75) is 0 Å². The molecular weight excluding hydrogens is 260 g/mol. The average Bonchev–Trinajstić information content (AvgIpc) is 1.19. The fourth-order valence-corrected chi connectivity index (χ4v) is 0. The molecule has 0 aromatic rings. The summed E-state index contributed by atoms with van der Waals surface area (Å²) in [5.74, 6) is 0. The van der Waals surface area contributed by atoms with E-state index in [1.54, 1.807) is 0 Å². The molecule has 0 rings (SSSR count). The van der Waals surface area contributed by atoms with Crippen molar-refractivity contribution in [2.24, 2.45) is 0 Å². The van der Waals surface area contributed by atoms with Crippen LogP contribution >= 0.6 is 0 Å². The van der Waals surface area contributed by atoms with Crippen LogP contribution in [-0.4, -0.2) is 61.6 Å². The molecule has 0 aromatic heterocycles. The second kappa shape index (κ2) is 7.84. The molecule has 0 aromatic carbocycles. The molecule has 0 heterocycles. The van der Waals surface area contributed by atoms with Gasteiger partial charge in [0.05, 0.1) is 0 Å². The van der Waals surface area contributed by atoms with E-state index in [4.69, 9.17) is 29.3 Å². The van der Waals surface area contributed by atoms with Gasteiger partial charge in [-0.15, -0.1) is 0 Å². The van der Waals surface area contributed by atoms with Crippen molar-refractivity contribution in [3.05, 3.63) is 0 Å². The molecule has 0 saturated heterocycles. The van der Waals surface area contributed by atoms with E-state index >= 15 is 0 Å². The molecule has 0 spiro atoms. The van der Waals surface area contributed by atoms with Gasteiger partial charge in [0, 0.05) is 0 Å². The third kappa shape index (κ3) is 961. The van der Waals surface area contributed by atoms with Gasteiger partial charge in [0.1, 0.15) is 0 Å². The first-order chi connectivity index (χ1) is 3.73. The minimum absolute atomic E-state index is 0. The number of carboxylic acid groups (broad SMARTS) is 2. The van der Waals surface area contributed by atoms with Crippen LogP contribution in [0.2, 0.25) is 0 Å². The van der Waals surface area contributed by atoms with Crippen molar-refractivity contribution < 1.29 is 48.9 Å². The molecule has 10 heavy (non-hydrogen) atoms. The Hall–Kier alpha value is 0.738. The second-order valence-electron chi connectivity index (χ2n) is 0.730. The number of hydrogen-bond donors (Lipinski definition) is 4. The summed E-state index contributed by atoms with van der Waals surface area (Å²) in [6.45, 7) is 0. The van der Waals surface area contributed by atoms with E-state index in [9.17, 15) is 0 Å². The molecule has 7 nitrogen and oxygen atoms in total. The number of carbonyl (C=O) groups is 1. The monoisotopic (exact) mass is 268 g/mol. The van der Waals surface area contributed by atoms with E-state index in [1.165, 1.54) is 0 Å². The van der Waals surface area contributed by atoms with Crippen LogP contribution < -0.4 is 0 Å². The van der Waals surface area contributed by atoms with E-state index in [-0.39, 0.29) is 40.6 Å². The van der Waals surface area contributed by atoms with Crippen LogP contribution in [0.4, 0.5) is 4.79 Å². The molecule has 0 aliphatic heterocycles. The van der Waals surface area contributed by atoms with Crippen molar-refractivity contribution in [1.29, 1.82) is 0 Å². The Labute approximate surface area is 92.0 Å². The molecule has 0 radical (unpaired) electrons. The Morgan fingerprint density at radius 3 is 1.20 bits per heavy atom. The normalized spacial score (nSPS) is 8.20. The number of rotatable bonds is 0. The first-order valence-corrected chi connectivity index (χ1v) is 4.78. The first-order valence-electron chi connectivity index (χ1n) is 1.35. The fraction of sp³-hybridized carbons (Fsp3) is 0. The van der Waals surface area contributed by atoms with Crippen LogP contribution in [-0.2, 0) is 23.5 Å². The molecule has 0 aliphatic rings. The quantitative estimate of drug-likeness (QED) is 0.401. The zero-order valence-corrected chi connectivity index (χ0v) is 8.84. The molecule has 4 N–H and O–H groups in total. The summed E-state index contributed by atoms with van der Waals surface area (Å²) < 4.78 is 32.0. The SMILES string of the molecule is O=C(O)O.[Ca+2].[H-].[H-].[O]=[Mo](=[O])([OH])[OH]. The van der Waals surface area contributed by atoms with E-state index in [0.717, 1.165) is 0 Å². The summed E-state index contributed by atoms with van der Waals surface area (Å²) in [5, 5.41) is 13.9. The summed E-state index contributed by atoms with van der Waals surface area (Å²) in [7, 11) is 0. The first kappa shape index (κ1) is 17.0. The molecule has 60 valence electrons. The molecule has 0 atom stereocenters. The van der Waals surface area contributed by atoms with Crippen LogP contribution in [0.1, 0.15) is 2.85 Å². The second-order valence-corrected chi connectivity index (χ2v) is 2.93. The molecule has 0 saturated carbocycles. The van der Waals surface area contributed by atoms with Crippen LogP contribution in [0.25, 0.3) is 0 Å². The molecule has 9 heteroatoms. The molecule has 0 fully saturated rings. The molecular formula is CH6CaMoO7. The summed E-state index contributed by atoms with van der Waals surface area (Å²) in [4.78, 5) is 8.56. The standard InChI is InChI=1S/CH2O3.Ca.Mo.2H2O.2O.2H/c2-1(3)4;;;;;;;;/h(H2,2,3,4);;;2*1H2;;;;/q;2*+2;;;;;2*-1/p-2. The predicted molar refractivity (Wildman–Crippen MR) is 24.4 cm³/mol. The Morgan fingerprint density at radius 2 is 1.20 bits per heavy atom. The third-order valence-corrected chi connectivity index (χ3v) is 0. The van der Waals surface area contributed by atoms with Gasteiger partial charge < -0.3 is 13.1 Å². The van der Waals surface area contributed by atoms with Crippen LogP contribution in [0.3, 0.4) is 0 Å². The maximum atomic E-state index is 8.85. The van der Waals surface area contributed by atoms with Gasteiger partial charge >= 0.3 is 75.0 Å². The Bertz CT molecular complexity index is 164. The zero-order valence-electron chi connectivity index (χ0n) is 6.63. The van der Waals surface area contributed by atoms with Crippen molar-refractivity contribution >= 4 is 43.9 Å². The Morgan fingerprint density at radius 1 is 1.20 bits per heavy atom. The van der Waals surface area contributed by atoms with Crippen molar-refractivity contribution in [1.82, 2.24) is 0 Å².